The number of hydrogen-bond donors (Lipinski definition) is 1. The van der Waals surface area contributed by atoms with Gasteiger partial charge in [0.1, 0.15) is 5.41 Å². The molecule has 26 heavy (non-hydrogen) atoms. The highest BCUT2D eigenvalue weighted by Crippen LogP contribution is 2.64. The number of ether oxygens (including phenoxy) is 1. The predicted molar refractivity (Wildman–Crippen MR) is 97.9 cm³/mol. The fourth-order valence-corrected chi connectivity index (χ4v) is 6.16. The summed E-state index contributed by atoms with van der Waals surface area (Å²) in [4.78, 5) is 12.3. The summed E-state index contributed by atoms with van der Waals surface area (Å²) in [6.45, 7) is 1.88. The molecule has 3 atom stereocenters. The quantitative estimate of drug-likeness (QED) is 0.806. The van der Waals surface area contributed by atoms with Gasteiger partial charge in [-0.1, -0.05) is 49.4 Å². The van der Waals surface area contributed by atoms with Crippen LogP contribution < -0.4 is 0 Å². The topological polar surface area (TPSA) is 80.7 Å². The van der Waals surface area contributed by atoms with Gasteiger partial charge in [-0.25, -0.2) is 8.42 Å². The van der Waals surface area contributed by atoms with Gasteiger partial charge < -0.3 is 9.84 Å². The Labute approximate surface area is 153 Å². The molecule has 1 aliphatic carbocycles. The first-order valence-electron chi connectivity index (χ1n) is 8.49. The molecule has 1 aliphatic rings. The molecule has 0 bridgehead atoms. The van der Waals surface area contributed by atoms with Crippen LogP contribution in [0.5, 0.6) is 0 Å². The van der Waals surface area contributed by atoms with Crippen LogP contribution in [-0.4, -0.2) is 38.5 Å². The Morgan fingerprint density at radius 2 is 1.73 bits per heavy atom. The van der Waals surface area contributed by atoms with E-state index in [0.29, 0.717) is 5.56 Å². The molecule has 0 aliphatic heterocycles. The third-order valence-electron chi connectivity index (χ3n) is 5.19. The largest absolute Gasteiger partial charge is 0.481 e. The Bertz CT molecular complexity index is 890. The van der Waals surface area contributed by atoms with Gasteiger partial charge in [0.15, 0.2) is 9.84 Å². The molecule has 0 unspecified atom stereocenters. The van der Waals surface area contributed by atoms with Crippen molar-refractivity contribution in [3.63, 3.8) is 0 Å². The number of aryl methyl sites for hydroxylation is 1. The summed E-state index contributed by atoms with van der Waals surface area (Å²) in [7, 11) is -2.42. The van der Waals surface area contributed by atoms with Crippen molar-refractivity contribution < 1.29 is 23.1 Å². The molecule has 1 saturated carbocycles. The summed E-state index contributed by atoms with van der Waals surface area (Å²) in [6.07, 6.45) is 0.860. The van der Waals surface area contributed by atoms with Crippen molar-refractivity contribution in [2.75, 3.05) is 13.7 Å². The molecule has 0 radical (unpaired) electrons. The van der Waals surface area contributed by atoms with Gasteiger partial charge in [-0.05, 0) is 29.7 Å². The lowest BCUT2D eigenvalue weighted by atomic mass is 9.99. The van der Waals surface area contributed by atoms with Crippen molar-refractivity contribution in [1.29, 1.82) is 0 Å². The molecule has 1 fully saturated rings. The van der Waals surface area contributed by atoms with E-state index >= 15 is 0 Å². The average Bonchev–Trinajstić information content (AvgIpc) is 3.34. The minimum Gasteiger partial charge on any atom is -0.481 e. The number of benzene rings is 2. The smallest absolute Gasteiger partial charge is 0.314 e. The number of carboxylic acids is 1. The fraction of sp³-hybridized carbons (Fsp3) is 0.350. The molecule has 3 rings (SSSR count). The Morgan fingerprint density at radius 1 is 1.12 bits per heavy atom. The highest BCUT2D eigenvalue weighted by molar-refractivity contribution is 7.92. The van der Waals surface area contributed by atoms with Gasteiger partial charge in [0.2, 0.25) is 0 Å². The summed E-state index contributed by atoms with van der Waals surface area (Å²) in [6, 6.07) is 15.5. The van der Waals surface area contributed by atoms with Crippen LogP contribution in [0.3, 0.4) is 0 Å². The number of carboxylic acid groups (broad SMARTS) is 1. The number of hydrogen-bond acceptors (Lipinski definition) is 4. The first kappa shape index (κ1) is 18.6. The van der Waals surface area contributed by atoms with E-state index in [9.17, 15) is 18.3 Å². The fourth-order valence-electron chi connectivity index (χ4n) is 3.78. The van der Waals surface area contributed by atoms with Gasteiger partial charge in [0.05, 0.1) is 16.8 Å². The number of rotatable bonds is 7. The first-order valence-corrected chi connectivity index (χ1v) is 10.0. The van der Waals surface area contributed by atoms with Crippen molar-refractivity contribution in [2.45, 2.75) is 29.4 Å². The molecule has 6 heteroatoms. The third-order valence-corrected chi connectivity index (χ3v) is 7.48. The number of carbonyl (C=O) groups is 1. The maximum Gasteiger partial charge on any atom is 0.314 e. The zero-order chi connectivity index (χ0) is 18.9. The Kier molecular flexibility index (Phi) is 4.90. The van der Waals surface area contributed by atoms with Crippen LogP contribution in [0.1, 0.15) is 24.0 Å². The van der Waals surface area contributed by atoms with Crippen LogP contribution in [0.2, 0.25) is 0 Å². The predicted octanol–water partition coefficient (Wildman–Crippen LogP) is 2.91. The molecular formula is C20H22O5S. The summed E-state index contributed by atoms with van der Waals surface area (Å²) in [5.74, 6) is -1.79. The lowest BCUT2D eigenvalue weighted by Gasteiger charge is -2.12. The Balaban J connectivity index is 2.09. The Morgan fingerprint density at radius 3 is 2.23 bits per heavy atom. The lowest BCUT2D eigenvalue weighted by Crippen LogP contribution is -2.28. The second-order valence-electron chi connectivity index (χ2n) is 6.63. The molecule has 0 aromatic heterocycles. The van der Waals surface area contributed by atoms with E-state index in [1.165, 1.54) is 19.2 Å². The van der Waals surface area contributed by atoms with Crippen LogP contribution in [0, 0.1) is 5.41 Å². The average molecular weight is 374 g/mol. The summed E-state index contributed by atoms with van der Waals surface area (Å²) in [5, 5.41) is 8.85. The van der Waals surface area contributed by atoms with Crippen LogP contribution in [0.25, 0.3) is 0 Å². The summed E-state index contributed by atoms with van der Waals surface area (Å²) < 4.78 is 31.5. The van der Waals surface area contributed by atoms with Crippen molar-refractivity contribution >= 4 is 15.8 Å². The lowest BCUT2D eigenvalue weighted by molar-refractivity contribution is -0.145. The van der Waals surface area contributed by atoms with E-state index in [1.54, 1.807) is 18.2 Å². The van der Waals surface area contributed by atoms with Crippen LogP contribution in [-0.2, 0) is 25.8 Å². The van der Waals surface area contributed by atoms with Crippen molar-refractivity contribution in [3.8, 4) is 0 Å². The second kappa shape index (κ2) is 6.85. The van der Waals surface area contributed by atoms with Crippen LogP contribution >= 0.6 is 0 Å². The van der Waals surface area contributed by atoms with Gasteiger partial charge in [-0.15, -0.1) is 0 Å². The second-order valence-corrected chi connectivity index (χ2v) is 8.70. The zero-order valence-corrected chi connectivity index (χ0v) is 15.6. The van der Waals surface area contributed by atoms with Crippen LogP contribution in [0.4, 0.5) is 0 Å². The maximum atomic E-state index is 13.2. The zero-order valence-electron chi connectivity index (χ0n) is 14.8. The monoisotopic (exact) mass is 374 g/mol. The number of sulfone groups is 1. The van der Waals surface area contributed by atoms with Crippen molar-refractivity contribution in [3.05, 3.63) is 65.7 Å². The van der Waals surface area contributed by atoms with Gasteiger partial charge in [-0.2, -0.15) is 0 Å². The van der Waals surface area contributed by atoms with Crippen molar-refractivity contribution in [1.82, 2.24) is 0 Å². The summed E-state index contributed by atoms with van der Waals surface area (Å²) in [5.41, 5.74) is 0.354. The highest BCUT2D eigenvalue weighted by Gasteiger charge is 2.76. The maximum absolute atomic E-state index is 13.2. The minimum atomic E-state index is -3.81. The molecular weight excluding hydrogens is 352 g/mol. The van der Waals surface area contributed by atoms with E-state index in [4.69, 9.17) is 4.74 Å². The molecule has 0 spiro atoms. The number of methoxy groups -OCH3 is 1. The molecule has 0 amide bonds. The molecule has 2 aromatic rings. The van der Waals surface area contributed by atoms with E-state index in [0.717, 1.165) is 12.0 Å². The van der Waals surface area contributed by atoms with Gasteiger partial charge in [0.25, 0.3) is 0 Å². The van der Waals surface area contributed by atoms with Gasteiger partial charge >= 0.3 is 5.97 Å². The van der Waals surface area contributed by atoms with E-state index in [2.05, 4.69) is 0 Å². The molecule has 0 saturated heterocycles. The normalized spacial score (nSPS) is 25.0. The standard InChI is InChI=1S/C20H22O5S/c1-3-14-9-11-15(12-10-14)17-18(20(17,13-25-2)19(21)22)26(23,24)16-7-5-4-6-8-16/h4-12,17-18H,3,13H2,1-2H3,(H,21,22)/t17-,18-,20-/m0/s1. The van der Waals surface area contributed by atoms with E-state index in [-0.39, 0.29) is 11.5 Å². The minimum absolute atomic E-state index is 0.138. The molecule has 5 nitrogen and oxygen atoms in total. The SMILES string of the molecule is CCc1ccc([C@H]2[C@H](S(=O)(=O)c3ccccc3)[C@@]2(COC)C(=O)O)cc1. The molecule has 0 heterocycles. The van der Waals surface area contributed by atoms with E-state index < -0.39 is 32.4 Å². The van der Waals surface area contributed by atoms with Gasteiger partial charge in [-0.3, -0.25) is 4.79 Å². The molecule has 138 valence electrons. The molecule has 2 aromatic carbocycles. The van der Waals surface area contributed by atoms with Crippen LogP contribution in [0.15, 0.2) is 59.5 Å². The van der Waals surface area contributed by atoms with Gasteiger partial charge in [0, 0.05) is 13.0 Å². The Hall–Kier alpha value is -2.18. The summed E-state index contributed by atoms with van der Waals surface area (Å²) >= 11 is 0. The number of aliphatic carboxylic acids is 1. The molecule has 1 N–H and O–H groups in total. The third kappa shape index (κ3) is 2.83. The van der Waals surface area contributed by atoms with E-state index in [1.807, 2.05) is 31.2 Å². The first-order chi connectivity index (χ1) is 12.4. The highest BCUT2D eigenvalue weighted by atomic mass is 32.2. The van der Waals surface area contributed by atoms with Crippen molar-refractivity contribution in [2.24, 2.45) is 5.41 Å².